The van der Waals surface area contributed by atoms with Crippen molar-refractivity contribution < 1.29 is 4.74 Å². The van der Waals surface area contributed by atoms with Crippen LogP contribution in [0.1, 0.15) is 30.4 Å². The molecule has 1 aromatic carbocycles. The summed E-state index contributed by atoms with van der Waals surface area (Å²) in [6.07, 6.45) is 4.55. The van der Waals surface area contributed by atoms with Gasteiger partial charge in [-0.2, -0.15) is 0 Å². The molecule has 3 heteroatoms. The number of hydrogen-bond acceptors (Lipinski definition) is 3. The lowest BCUT2D eigenvalue weighted by Crippen LogP contribution is -2.22. The molecule has 0 spiro atoms. The average molecular weight is 230 g/mol. The Kier molecular flexibility index (Phi) is 2.63. The van der Waals surface area contributed by atoms with Crippen LogP contribution in [0, 0.1) is 0 Å². The van der Waals surface area contributed by atoms with Crippen molar-refractivity contribution in [1.82, 2.24) is 0 Å². The minimum atomic E-state index is 0.150. The van der Waals surface area contributed by atoms with E-state index in [1.807, 2.05) is 0 Å². The number of ether oxygens (including phenoxy) is 1. The van der Waals surface area contributed by atoms with Gasteiger partial charge in [0, 0.05) is 11.1 Å². The minimum absolute atomic E-state index is 0.150. The summed E-state index contributed by atoms with van der Waals surface area (Å²) in [5, 5.41) is 0. The zero-order valence-corrected chi connectivity index (χ0v) is 9.98. The average Bonchev–Trinajstić information content (AvgIpc) is 2.89. The molecule has 0 bridgehead atoms. The Morgan fingerprint density at radius 2 is 2.00 bits per heavy atom. The van der Waals surface area contributed by atoms with E-state index in [0.717, 1.165) is 30.8 Å². The predicted octanol–water partition coefficient (Wildman–Crippen LogP) is 1.89. The SMILES string of the molecule is NC1(CCc2ccc(C3=NCCO3)cc2)CC1. The van der Waals surface area contributed by atoms with Gasteiger partial charge in [0.2, 0.25) is 5.90 Å². The summed E-state index contributed by atoms with van der Waals surface area (Å²) >= 11 is 0. The second-order valence-corrected chi connectivity index (χ2v) is 5.09. The molecule has 0 atom stereocenters. The van der Waals surface area contributed by atoms with Gasteiger partial charge < -0.3 is 10.5 Å². The zero-order valence-electron chi connectivity index (χ0n) is 9.98. The third-order valence-corrected chi connectivity index (χ3v) is 3.59. The monoisotopic (exact) mass is 230 g/mol. The lowest BCUT2D eigenvalue weighted by molar-refractivity contribution is 0.348. The van der Waals surface area contributed by atoms with E-state index in [2.05, 4.69) is 29.3 Å². The molecule has 0 aromatic heterocycles. The minimum Gasteiger partial charge on any atom is -0.476 e. The van der Waals surface area contributed by atoms with E-state index in [-0.39, 0.29) is 5.54 Å². The van der Waals surface area contributed by atoms with Gasteiger partial charge in [-0.25, -0.2) is 4.99 Å². The number of nitrogens with zero attached hydrogens (tertiary/aromatic N) is 1. The second kappa shape index (κ2) is 4.15. The highest BCUT2D eigenvalue weighted by molar-refractivity contribution is 5.94. The fraction of sp³-hybridized carbons (Fsp3) is 0.500. The van der Waals surface area contributed by atoms with Crippen molar-refractivity contribution in [1.29, 1.82) is 0 Å². The van der Waals surface area contributed by atoms with Crippen molar-refractivity contribution in [3.8, 4) is 0 Å². The molecule has 1 aliphatic carbocycles. The maximum atomic E-state index is 6.08. The fourth-order valence-corrected chi connectivity index (χ4v) is 2.13. The topological polar surface area (TPSA) is 47.6 Å². The molecular weight excluding hydrogens is 212 g/mol. The first kappa shape index (κ1) is 10.8. The Labute approximate surface area is 102 Å². The molecule has 1 aliphatic heterocycles. The van der Waals surface area contributed by atoms with Crippen molar-refractivity contribution >= 4 is 5.90 Å². The molecular formula is C14H18N2O. The van der Waals surface area contributed by atoms with Gasteiger partial charge in [-0.1, -0.05) is 12.1 Å². The Morgan fingerprint density at radius 3 is 2.59 bits per heavy atom. The highest BCUT2D eigenvalue weighted by Gasteiger charge is 2.37. The molecule has 1 heterocycles. The molecule has 0 radical (unpaired) electrons. The Balaban J connectivity index is 1.63. The lowest BCUT2D eigenvalue weighted by atomic mass is 10.0. The maximum Gasteiger partial charge on any atom is 0.216 e. The number of benzene rings is 1. The summed E-state index contributed by atoms with van der Waals surface area (Å²) in [5.74, 6) is 0.786. The van der Waals surface area contributed by atoms with E-state index in [4.69, 9.17) is 10.5 Å². The molecule has 0 saturated heterocycles. The summed E-state index contributed by atoms with van der Waals surface area (Å²) in [4.78, 5) is 4.31. The summed E-state index contributed by atoms with van der Waals surface area (Å²) in [6, 6.07) is 8.50. The van der Waals surface area contributed by atoms with Crippen LogP contribution in [-0.4, -0.2) is 24.6 Å². The quantitative estimate of drug-likeness (QED) is 0.858. The van der Waals surface area contributed by atoms with Crippen LogP contribution in [0.15, 0.2) is 29.3 Å². The van der Waals surface area contributed by atoms with Crippen molar-refractivity contribution in [2.45, 2.75) is 31.2 Å². The molecule has 1 fully saturated rings. The van der Waals surface area contributed by atoms with E-state index in [0.29, 0.717) is 6.61 Å². The normalized spacial score (nSPS) is 20.9. The second-order valence-electron chi connectivity index (χ2n) is 5.09. The molecule has 0 unspecified atom stereocenters. The Hall–Kier alpha value is -1.35. The van der Waals surface area contributed by atoms with Crippen LogP contribution in [-0.2, 0) is 11.2 Å². The Bertz CT molecular complexity index is 432. The van der Waals surface area contributed by atoms with Crippen LogP contribution >= 0.6 is 0 Å². The van der Waals surface area contributed by atoms with E-state index >= 15 is 0 Å². The van der Waals surface area contributed by atoms with Gasteiger partial charge in [-0.15, -0.1) is 0 Å². The fourth-order valence-electron chi connectivity index (χ4n) is 2.13. The third-order valence-electron chi connectivity index (χ3n) is 3.59. The van der Waals surface area contributed by atoms with Crippen molar-refractivity contribution in [3.63, 3.8) is 0 Å². The number of hydrogen-bond donors (Lipinski definition) is 1. The van der Waals surface area contributed by atoms with Crippen LogP contribution in [0.25, 0.3) is 0 Å². The van der Waals surface area contributed by atoms with Gasteiger partial charge in [-0.3, -0.25) is 0 Å². The molecule has 3 rings (SSSR count). The summed E-state index contributed by atoms with van der Waals surface area (Å²) in [7, 11) is 0. The molecule has 90 valence electrons. The standard InChI is InChI=1S/C14H18N2O/c15-14(7-8-14)6-5-11-1-3-12(4-2-11)13-16-9-10-17-13/h1-4H,5-10,15H2. The Morgan fingerprint density at radius 1 is 1.24 bits per heavy atom. The van der Waals surface area contributed by atoms with Gasteiger partial charge >= 0.3 is 0 Å². The van der Waals surface area contributed by atoms with Gasteiger partial charge in [0.1, 0.15) is 6.61 Å². The lowest BCUT2D eigenvalue weighted by Gasteiger charge is -2.08. The number of rotatable bonds is 4. The first-order chi connectivity index (χ1) is 8.25. The van der Waals surface area contributed by atoms with E-state index in [1.54, 1.807) is 0 Å². The van der Waals surface area contributed by atoms with Crippen LogP contribution in [0.5, 0.6) is 0 Å². The van der Waals surface area contributed by atoms with Gasteiger partial charge in [0.05, 0.1) is 6.54 Å². The predicted molar refractivity (Wildman–Crippen MR) is 68.3 cm³/mol. The molecule has 2 N–H and O–H groups in total. The van der Waals surface area contributed by atoms with Crippen molar-refractivity contribution in [2.24, 2.45) is 10.7 Å². The third kappa shape index (κ3) is 2.50. The molecule has 1 saturated carbocycles. The molecule has 3 nitrogen and oxygen atoms in total. The highest BCUT2D eigenvalue weighted by atomic mass is 16.5. The van der Waals surface area contributed by atoms with Crippen LogP contribution < -0.4 is 5.73 Å². The maximum absolute atomic E-state index is 6.08. The van der Waals surface area contributed by atoms with Gasteiger partial charge in [-0.05, 0) is 43.4 Å². The summed E-state index contributed by atoms with van der Waals surface area (Å²) < 4.78 is 5.43. The first-order valence-corrected chi connectivity index (χ1v) is 6.31. The van der Waals surface area contributed by atoms with Crippen LogP contribution in [0.3, 0.4) is 0 Å². The van der Waals surface area contributed by atoms with Gasteiger partial charge in [0.25, 0.3) is 0 Å². The smallest absolute Gasteiger partial charge is 0.216 e. The molecule has 1 aromatic rings. The molecule has 2 aliphatic rings. The zero-order chi connectivity index (χ0) is 11.7. The van der Waals surface area contributed by atoms with Crippen molar-refractivity contribution in [3.05, 3.63) is 35.4 Å². The van der Waals surface area contributed by atoms with E-state index in [1.165, 1.54) is 18.4 Å². The summed E-state index contributed by atoms with van der Waals surface area (Å²) in [5.41, 5.74) is 8.67. The van der Waals surface area contributed by atoms with Crippen molar-refractivity contribution in [2.75, 3.05) is 13.2 Å². The molecule has 17 heavy (non-hydrogen) atoms. The largest absolute Gasteiger partial charge is 0.476 e. The summed E-state index contributed by atoms with van der Waals surface area (Å²) in [6.45, 7) is 1.50. The van der Waals surface area contributed by atoms with Crippen LogP contribution in [0.2, 0.25) is 0 Å². The molecule has 0 amide bonds. The van der Waals surface area contributed by atoms with Gasteiger partial charge in [0.15, 0.2) is 0 Å². The van der Waals surface area contributed by atoms with Crippen LogP contribution in [0.4, 0.5) is 0 Å². The number of aliphatic imine (C=N–C) groups is 1. The highest BCUT2D eigenvalue weighted by Crippen LogP contribution is 2.36. The first-order valence-electron chi connectivity index (χ1n) is 6.31. The van der Waals surface area contributed by atoms with E-state index in [9.17, 15) is 0 Å². The number of aryl methyl sites for hydroxylation is 1. The van der Waals surface area contributed by atoms with E-state index < -0.39 is 0 Å². The number of nitrogens with two attached hydrogens (primary N) is 1.